The van der Waals surface area contributed by atoms with Gasteiger partial charge in [0.15, 0.2) is 11.6 Å². The molecule has 0 fully saturated rings. The van der Waals surface area contributed by atoms with Crippen molar-refractivity contribution >= 4 is 24.0 Å². The van der Waals surface area contributed by atoms with Gasteiger partial charge in [0.1, 0.15) is 23.7 Å². The van der Waals surface area contributed by atoms with E-state index in [4.69, 9.17) is 14.2 Å². The van der Waals surface area contributed by atoms with E-state index in [0.717, 1.165) is 22.7 Å². The van der Waals surface area contributed by atoms with Crippen molar-refractivity contribution in [3.05, 3.63) is 47.5 Å². The van der Waals surface area contributed by atoms with Gasteiger partial charge in [-0.1, -0.05) is 31.3 Å². The molecule has 0 radical (unpaired) electrons. The van der Waals surface area contributed by atoms with Gasteiger partial charge in [-0.3, -0.25) is 4.57 Å². The van der Waals surface area contributed by atoms with Gasteiger partial charge in [-0.05, 0) is 58.4 Å². The molecule has 0 unspecified atom stereocenters. The molecule has 0 bridgehead atoms. The highest BCUT2D eigenvalue weighted by molar-refractivity contribution is 7.93. The number of rotatable bonds is 12. The van der Waals surface area contributed by atoms with Gasteiger partial charge in [0.2, 0.25) is 16.0 Å². The normalized spacial score (nSPS) is 16.8. The van der Waals surface area contributed by atoms with Crippen molar-refractivity contribution in [3.8, 4) is 17.1 Å². The molecule has 0 spiro atoms. The molecule has 0 saturated carbocycles. The highest BCUT2D eigenvalue weighted by Crippen LogP contribution is 2.39. The third-order valence-corrected chi connectivity index (χ3v) is 11.0. The maximum atomic E-state index is 14.7. The van der Waals surface area contributed by atoms with Gasteiger partial charge >= 0.3 is 0 Å². The van der Waals surface area contributed by atoms with E-state index in [0.29, 0.717) is 24.0 Å². The third kappa shape index (κ3) is 7.01. The van der Waals surface area contributed by atoms with E-state index in [1.54, 1.807) is 26.4 Å². The predicted octanol–water partition coefficient (Wildman–Crippen LogP) is 4.96. The number of hydrogen-bond acceptors (Lipinski definition) is 9. The fourth-order valence-electron chi connectivity index (χ4n) is 4.85. The summed E-state index contributed by atoms with van der Waals surface area (Å²) in [6.45, 7) is 16.8. The molecule has 230 valence electrons. The first-order valence-corrected chi connectivity index (χ1v) is 19.6. The number of benzene rings is 1. The maximum Gasteiger partial charge on any atom is 0.243 e. The first-order chi connectivity index (χ1) is 19.7. The van der Waals surface area contributed by atoms with Crippen LogP contribution < -0.4 is 9.04 Å². The lowest BCUT2D eigenvalue weighted by Gasteiger charge is -2.33. The molecule has 13 heteroatoms. The zero-order valence-corrected chi connectivity index (χ0v) is 28.0. The molecule has 0 amide bonds. The van der Waals surface area contributed by atoms with Crippen molar-refractivity contribution < 1.29 is 22.6 Å². The zero-order chi connectivity index (χ0) is 30.8. The molecule has 11 nitrogen and oxygen atoms in total. The van der Waals surface area contributed by atoms with Crippen LogP contribution in [0.25, 0.3) is 11.4 Å². The smallest absolute Gasteiger partial charge is 0.243 e. The molecule has 0 aliphatic carbocycles. The highest BCUT2D eigenvalue weighted by atomic mass is 32.2. The Hall–Kier alpha value is -2.87. The largest absolute Gasteiger partial charge is 0.491 e. The summed E-state index contributed by atoms with van der Waals surface area (Å²) >= 11 is 0. The molecule has 0 saturated heterocycles. The van der Waals surface area contributed by atoms with Crippen molar-refractivity contribution in [1.29, 1.82) is 0 Å². The number of ether oxygens (including phenoxy) is 3. The number of aryl methyl sites for hydroxylation is 2. The van der Waals surface area contributed by atoms with Crippen molar-refractivity contribution in [1.82, 2.24) is 24.7 Å². The summed E-state index contributed by atoms with van der Waals surface area (Å²) in [6, 6.07) is 6.24. The van der Waals surface area contributed by atoms with E-state index in [9.17, 15) is 8.42 Å². The van der Waals surface area contributed by atoms with E-state index in [1.165, 1.54) is 4.31 Å². The van der Waals surface area contributed by atoms with E-state index >= 15 is 0 Å². The minimum Gasteiger partial charge on any atom is -0.491 e. The molecular formula is C29H44N6O5SSi. The molecule has 1 aliphatic rings. The van der Waals surface area contributed by atoms with Gasteiger partial charge in [-0.15, -0.1) is 10.2 Å². The van der Waals surface area contributed by atoms with Crippen LogP contribution in [0.15, 0.2) is 30.6 Å². The number of anilines is 1. The molecule has 3 heterocycles. The summed E-state index contributed by atoms with van der Waals surface area (Å²) in [5.41, 5.74) is 2.67. The van der Waals surface area contributed by atoms with Gasteiger partial charge in [-0.25, -0.2) is 22.7 Å². The summed E-state index contributed by atoms with van der Waals surface area (Å²) in [7, 11) is -4.14. The lowest BCUT2D eigenvalue weighted by molar-refractivity contribution is 0.00139. The molecule has 3 aromatic rings. The minimum atomic E-state index is -4.07. The summed E-state index contributed by atoms with van der Waals surface area (Å²) in [5, 5.41) is 8.09. The number of aromatic nitrogens is 5. The summed E-state index contributed by atoms with van der Waals surface area (Å²) < 4.78 is 50.6. The van der Waals surface area contributed by atoms with Gasteiger partial charge < -0.3 is 14.2 Å². The van der Waals surface area contributed by atoms with E-state index < -0.39 is 29.5 Å². The number of sulfonamides is 1. The Morgan fingerprint density at radius 1 is 1.10 bits per heavy atom. The SMILES string of the molecule is COC[C@H]1COc2ccc(C)cc2-c2nnc(N(CC[Si](C)(C)C)S(=O)(=O)[C@@H](C)[C@@H](OC(C)C)c3ncc(C)cn3)n21. The van der Waals surface area contributed by atoms with Crippen LogP contribution in [-0.2, 0) is 19.5 Å². The predicted molar refractivity (Wildman–Crippen MR) is 166 cm³/mol. The van der Waals surface area contributed by atoms with E-state index in [-0.39, 0.29) is 31.2 Å². The van der Waals surface area contributed by atoms with Crippen molar-refractivity contribution in [3.63, 3.8) is 0 Å². The molecule has 0 N–H and O–H groups in total. The van der Waals surface area contributed by atoms with Crippen LogP contribution >= 0.6 is 0 Å². The number of hydrogen-bond donors (Lipinski definition) is 0. The molecule has 3 atom stereocenters. The van der Waals surface area contributed by atoms with Crippen LogP contribution in [0.3, 0.4) is 0 Å². The van der Waals surface area contributed by atoms with Gasteiger partial charge in [0.25, 0.3) is 0 Å². The van der Waals surface area contributed by atoms with Crippen molar-refractivity contribution in [2.75, 3.05) is 31.2 Å². The van der Waals surface area contributed by atoms with Crippen molar-refractivity contribution in [2.24, 2.45) is 0 Å². The topological polar surface area (TPSA) is 122 Å². The fraction of sp³-hybridized carbons (Fsp3) is 0.586. The first-order valence-electron chi connectivity index (χ1n) is 14.4. The lowest BCUT2D eigenvalue weighted by Crippen LogP contribution is -2.45. The number of fused-ring (bicyclic) bond motifs is 3. The van der Waals surface area contributed by atoms with Crippen LogP contribution in [0.2, 0.25) is 25.7 Å². The Morgan fingerprint density at radius 2 is 1.79 bits per heavy atom. The first kappa shape index (κ1) is 32.0. The second kappa shape index (κ2) is 12.8. The summed E-state index contributed by atoms with van der Waals surface area (Å²) in [4.78, 5) is 8.89. The minimum absolute atomic E-state index is 0.239. The second-order valence-corrected chi connectivity index (χ2v) is 20.3. The quantitative estimate of drug-likeness (QED) is 0.260. The molecule has 1 aliphatic heterocycles. The third-order valence-electron chi connectivity index (χ3n) is 7.17. The van der Waals surface area contributed by atoms with Gasteiger partial charge in [-0.2, -0.15) is 0 Å². The van der Waals surface area contributed by atoms with E-state index in [1.807, 2.05) is 50.5 Å². The van der Waals surface area contributed by atoms with Crippen LogP contribution in [-0.4, -0.2) is 79.4 Å². The molecule has 2 aromatic heterocycles. The van der Waals surface area contributed by atoms with Gasteiger partial charge in [0.05, 0.1) is 24.3 Å². The Labute approximate surface area is 250 Å². The number of nitrogens with zero attached hydrogens (tertiary/aromatic N) is 6. The standard InChI is InChI=1S/C29H44N6O5SSi/c1-19(2)40-26(27-30-15-21(4)16-31-27)22(5)41(36,37)34(12-13-42(7,8)9)29-33-32-28-24-14-20(3)10-11-25(24)39-18-23(17-38-6)35(28)29/h10-11,14-16,19,22-23,26H,12-13,17-18H2,1-9H3/t22-,23-,26+/m0/s1. The van der Waals surface area contributed by atoms with Crippen LogP contribution in [0, 0.1) is 13.8 Å². The van der Waals surface area contributed by atoms with Crippen LogP contribution in [0.5, 0.6) is 5.75 Å². The van der Waals surface area contributed by atoms with Crippen LogP contribution in [0.1, 0.15) is 49.9 Å². The summed E-state index contributed by atoms with van der Waals surface area (Å²) in [6.07, 6.45) is 2.21. The average molecular weight is 617 g/mol. The highest BCUT2D eigenvalue weighted by Gasteiger charge is 2.42. The Kier molecular flexibility index (Phi) is 9.75. The molecule has 42 heavy (non-hydrogen) atoms. The Balaban J connectivity index is 1.88. The second-order valence-electron chi connectivity index (χ2n) is 12.5. The monoisotopic (exact) mass is 616 g/mol. The lowest BCUT2D eigenvalue weighted by atomic mass is 10.1. The summed E-state index contributed by atoms with van der Waals surface area (Å²) in [5.74, 6) is 1.78. The van der Waals surface area contributed by atoms with Crippen molar-refractivity contribution in [2.45, 2.75) is 83.8 Å². The zero-order valence-electron chi connectivity index (χ0n) is 26.2. The Bertz CT molecular complexity index is 1470. The average Bonchev–Trinajstić information content (AvgIpc) is 3.27. The molecular weight excluding hydrogens is 573 g/mol. The fourth-order valence-corrected chi connectivity index (χ4v) is 7.51. The Morgan fingerprint density at radius 3 is 2.40 bits per heavy atom. The van der Waals surface area contributed by atoms with Crippen LogP contribution in [0.4, 0.5) is 5.95 Å². The van der Waals surface area contributed by atoms with Gasteiger partial charge in [0, 0.05) is 34.1 Å². The molecule has 1 aromatic carbocycles. The van der Waals surface area contributed by atoms with E-state index in [2.05, 4.69) is 39.8 Å². The number of methoxy groups -OCH3 is 1. The molecule has 4 rings (SSSR count). The maximum absolute atomic E-state index is 14.7.